The van der Waals surface area contributed by atoms with E-state index in [-0.39, 0.29) is 68.2 Å². The number of hydrogen-bond donors (Lipinski definition) is 0. The van der Waals surface area contributed by atoms with Crippen LogP contribution in [0.25, 0.3) is 11.1 Å². The number of halogens is 5. The number of pyridine rings is 2. The second kappa shape index (κ2) is 26.3. The van der Waals surface area contributed by atoms with Gasteiger partial charge in [0.25, 0.3) is 11.8 Å². The number of ketones is 1. The molecule has 2 saturated carbocycles. The number of aryl methyl sites for hydroxylation is 4. The van der Waals surface area contributed by atoms with E-state index in [1.54, 1.807) is 16.7 Å². The summed E-state index contributed by atoms with van der Waals surface area (Å²) in [5.41, 5.74) is 14.0. The maximum atomic E-state index is 13.0. The Morgan fingerprint density at radius 2 is 1.10 bits per heavy atom. The highest BCUT2D eigenvalue weighted by Gasteiger charge is 2.61. The molecule has 0 bridgehead atoms. The maximum Gasteiger partial charge on any atom is 0.494 e. The zero-order valence-electron chi connectivity index (χ0n) is 53.2. The van der Waals surface area contributed by atoms with Gasteiger partial charge < -0.3 is 33.0 Å². The number of fused-ring (bicyclic) bond motifs is 6. The molecule has 2 aromatic heterocycles. The number of carbonyl (C=O) groups excluding carboxylic acids is 2. The van der Waals surface area contributed by atoms with Gasteiger partial charge in [0.05, 0.1) is 63.1 Å². The third-order valence-corrected chi connectivity index (χ3v) is 20.2. The van der Waals surface area contributed by atoms with Gasteiger partial charge in [-0.15, -0.1) is 0 Å². The predicted molar refractivity (Wildman–Crippen MR) is 341 cm³/mol. The van der Waals surface area contributed by atoms with Gasteiger partial charge in [-0.1, -0.05) is 58.4 Å². The molecule has 478 valence electrons. The van der Waals surface area contributed by atoms with Crippen LogP contribution in [0.3, 0.4) is 0 Å². The summed E-state index contributed by atoms with van der Waals surface area (Å²) in [6.07, 6.45) is 7.08. The van der Waals surface area contributed by atoms with Crippen LogP contribution in [0, 0.1) is 51.4 Å². The van der Waals surface area contributed by atoms with E-state index < -0.39 is 11.8 Å². The molecule has 7 aliphatic rings. The molecule has 3 saturated heterocycles. The topological polar surface area (TPSA) is 131 Å². The van der Waals surface area contributed by atoms with Crippen LogP contribution in [-0.2, 0) is 49.7 Å². The molecule has 0 radical (unpaired) electrons. The molecule has 4 aliphatic carbocycles. The quantitative estimate of drug-likeness (QED) is 0.0293. The Labute approximate surface area is 535 Å². The minimum atomic E-state index is -2.52. The minimum Gasteiger partial charge on any atom is -0.494 e. The summed E-state index contributed by atoms with van der Waals surface area (Å²) < 4.78 is 93.5. The number of aromatic nitrogens is 2. The molecule has 4 aromatic carbocycles. The first-order chi connectivity index (χ1) is 42.8. The standard InChI is InChI=1S/C33H36F2N2O4.C24H28BNO4.C14H18BrF2NO/c1-4-39-32(38)31-26-14-24-15-28(36-16-27(24)30(26)31)41-17-22-7-5-8-23(13-22)29-20(2)11-25(12-21(29)3)40-10-6-9-37-18-33(34,35)19-37;1-14(27)21-18-10-16-11-20(26-12-19(16)22(18)21)28-13-15-7-6-8-17(9-15)25-29-23(2,3)24(4,5)30-25;1-10-6-12(7-11(2)13(10)15)19-5-3-4-18-8-14(16,17)9-18/h5,7-8,11-13,15-16,26,30-31H,4,6,9-10,14,17-19H2,1-3H3;6-9,11-12,18,21-22H,10,13H2,1-5H3;6-7H,3-5,8-9H2,1-2H3/t26-,30-,31+;18-,21-,22+;/m10./s1. The summed E-state index contributed by atoms with van der Waals surface area (Å²) in [6.45, 7) is 23.1. The number of benzene rings is 4. The average molecular weight is 1300 g/mol. The number of nitrogens with zero attached hydrogens (tertiary/aromatic N) is 4. The van der Waals surface area contributed by atoms with Gasteiger partial charge in [0.1, 0.15) is 30.5 Å². The van der Waals surface area contributed by atoms with E-state index in [4.69, 9.17) is 33.0 Å². The van der Waals surface area contributed by atoms with Crippen molar-refractivity contribution >= 4 is 40.3 Å². The van der Waals surface area contributed by atoms with Crippen molar-refractivity contribution < 1.29 is 60.1 Å². The minimum absolute atomic E-state index is 0.0141. The summed E-state index contributed by atoms with van der Waals surface area (Å²) in [6, 6.07) is 28.6. The van der Waals surface area contributed by atoms with E-state index in [1.165, 1.54) is 16.7 Å². The van der Waals surface area contributed by atoms with Crippen molar-refractivity contribution in [2.75, 3.05) is 59.1 Å². The number of ether oxygens (including phenoxy) is 5. The number of carbonyl (C=O) groups is 2. The normalized spacial score (nSPS) is 23.0. The third-order valence-electron chi connectivity index (χ3n) is 19.0. The van der Waals surface area contributed by atoms with E-state index in [0.717, 1.165) is 90.8 Å². The second-order valence-corrected chi connectivity index (χ2v) is 27.4. The van der Waals surface area contributed by atoms with Crippen molar-refractivity contribution in [1.82, 2.24) is 19.8 Å². The molecule has 0 spiro atoms. The van der Waals surface area contributed by atoms with Gasteiger partial charge in [0, 0.05) is 53.9 Å². The van der Waals surface area contributed by atoms with Gasteiger partial charge >= 0.3 is 13.1 Å². The van der Waals surface area contributed by atoms with Crippen LogP contribution >= 0.6 is 15.9 Å². The Morgan fingerprint density at radius 1 is 0.633 bits per heavy atom. The third kappa shape index (κ3) is 14.8. The molecule has 5 fully saturated rings. The molecular weight excluding hydrogens is 1220 g/mol. The van der Waals surface area contributed by atoms with E-state index in [2.05, 4.69) is 85.6 Å². The molecule has 0 amide bonds. The largest absolute Gasteiger partial charge is 0.494 e. The van der Waals surface area contributed by atoms with Crippen molar-refractivity contribution in [2.24, 2.45) is 23.7 Å². The highest BCUT2D eigenvalue weighted by molar-refractivity contribution is 9.10. The fourth-order valence-corrected chi connectivity index (χ4v) is 13.9. The summed E-state index contributed by atoms with van der Waals surface area (Å²) in [5.74, 6) is -0.271. The maximum absolute atomic E-state index is 13.0. The van der Waals surface area contributed by atoms with Gasteiger partial charge in [0.15, 0.2) is 0 Å². The van der Waals surface area contributed by atoms with E-state index >= 15 is 0 Å². The van der Waals surface area contributed by atoms with E-state index in [9.17, 15) is 27.2 Å². The van der Waals surface area contributed by atoms with Gasteiger partial charge in [-0.25, -0.2) is 27.5 Å². The lowest BCUT2D eigenvalue weighted by atomic mass is 9.78. The van der Waals surface area contributed by atoms with Crippen molar-refractivity contribution in [1.29, 1.82) is 0 Å². The zero-order valence-corrected chi connectivity index (χ0v) is 54.8. The molecule has 13 nitrogen and oxygen atoms in total. The molecule has 19 heteroatoms. The summed E-state index contributed by atoms with van der Waals surface area (Å²) in [7, 11) is -0.381. The van der Waals surface area contributed by atoms with Gasteiger partial charge in [-0.3, -0.25) is 19.4 Å². The summed E-state index contributed by atoms with van der Waals surface area (Å²) in [5, 5.41) is 0. The van der Waals surface area contributed by atoms with Gasteiger partial charge in [0.2, 0.25) is 11.8 Å². The number of rotatable bonds is 21. The Kier molecular flexibility index (Phi) is 19.0. The van der Waals surface area contributed by atoms with Crippen LogP contribution < -0.4 is 24.4 Å². The van der Waals surface area contributed by atoms with Crippen LogP contribution in [-0.4, -0.2) is 121 Å². The first-order valence-electron chi connectivity index (χ1n) is 31.5. The highest BCUT2D eigenvalue weighted by atomic mass is 79.9. The molecule has 6 atom stereocenters. The number of likely N-dealkylation sites (tertiary alicyclic amines) is 2. The molecule has 5 heterocycles. The van der Waals surface area contributed by atoms with E-state index in [1.807, 2.05) is 99.9 Å². The SMILES string of the molecule is CC(=O)[C@H]1[C@@H]2Cc3cc(OCc4cccc(B5OC(C)(C)C(C)(C)O5)c4)ncc3[C@@H]21.CCOC(=O)[C@H]1[C@@H]2Cc3cc(OCc4cccc(-c5c(C)cc(OCCCN6CC(F)(F)C6)cc5C)c4)ncc3[C@@H]21.Cc1cc(OCCCN2CC(F)(F)C2)cc(C)c1Br. The van der Waals surface area contributed by atoms with Crippen molar-refractivity contribution in [2.45, 2.75) is 143 Å². The molecular formula is C71H82BBrF4N4O9. The van der Waals surface area contributed by atoms with Crippen molar-refractivity contribution in [3.63, 3.8) is 0 Å². The average Bonchev–Trinajstić information content (AvgIpc) is 1.56. The Hall–Kier alpha value is -6.38. The summed E-state index contributed by atoms with van der Waals surface area (Å²) >= 11 is 3.51. The zero-order chi connectivity index (χ0) is 64.0. The first-order valence-corrected chi connectivity index (χ1v) is 32.3. The summed E-state index contributed by atoms with van der Waals surface area (Å²) in [4.78, 5) is 36.4. The van der Waals surface area contributed by atoms with E-state index in [0.29, 0.717) is 87.8 Å². The Bertz CT molecular complexity index is 3570. The van der Waals surface area contributed by atoms with Crippen LogP contribution in [0.15, 0.2) is 102 Å². The fourth-order valence-electron chi connectivity index (χ4n) is 13.7. The molecule has 6 aromatic rings. The number of hydrogen-bond acceptors (Lipinski definition) is 13. The van der Waals surface area contributed by atoms with Gasteiger partial charge in [-0.2, -0.15) is 0 Å². The van der Waals surface area contributed by atoms with Crippen molar-refractivity contribution in [3.8, 4) is 34.4 Å². The number of Topliss-reactive ketones (excluding diaryl/α,β-unsaturated/α-hetero) is 1. The second-order valence-electron chi connectivity index (χ2n) is 26.6. The Morgan fingerprint density at radius 3 is 1.59 bits per heavy atom. The predicted octanol–water partition coefficient (Wildman–Crippen LogP) is 13.3. The van der Waals surface area contributed by atoms with Gasteiger partial charge in [-0.05, 0) is 215 Å². The van der Waals surface area contributed by atoms with Crippen molar-refractivity contribution in [3.05, 3.63) is 157 Å². The molecule has 90 heavy (non-hydrogen) atoms. The highest BCUT2D eigenvalue weighted by Crippen LogP contribution is 2.63. The molecule has 0 unspecified atom stereocenters. The van der Waals surface area contributed by atoms with Crippen LogP contribution in [0.1, 0.15) is 122 Å². The monoisotopic (exact) mass is 1300 g/mol. The lowest BCUT2D eigenvalue weighted by Gasteiger charge is -2.38. The lowest BCUT2D eigenvalue weighted by molar-refractivity contribution is -0.145. The fraction of sp³-hybridized carbons (Fsp3) is 0.493. The number of esters is 1. The first kappa shape index (κ1) is 65.1. The van der Waals surface area contributed by atoms with Crippen LogP contribution in [0.2, 0.25) is 0 Å². The molecule has 3 aliphatic heterocycles. The lowest BCUT2D eigenvalue weighted by Crippen LogP contribution is -2.56. The number of alkyl halides is 4. The van der Waals surface area contributed by atoms with Crippen LogP contribution in [0.5, 0.6) is 23.3 Å². The van der Waals surface area contributed by atoms with Crippen LogP contribution in [0.4, 0.5) is 17.6 Å². The Balaban J connectivity index is 0.000000149. The smallest absolute Gasteiger partial charge is 0.494 e. The molecule has 13 rings (SSSR count). The molecule has 0 N–H and O–H groups in total.